The summed E-state index contributed by atoms with van der Waals surface area (Å²) in [5.74, 6) is -0.450. The molecular weight excluding hydrogens is 399 g/mol. The average molecular weight is 420 g/mol. The first kappa shape index (κ1) is 19.6. The number of carbonyl (C=O) groups excluding carboxylic acids is 1. The van der Waals surface area contributed by atoms with Crippen molar-refractivity contribution < 1.29 is 18.3 Å². The Morgan fingerprint density at radius 1 is 1.34 bits per heavy atom. The van der Waals surface area contributed by atoms with Crippen LogP contribution in [0.25, 0.3) is 22.3 Å². The normalized spacial score (nSPS) is 22.3. The number of H-pyrrole nitrogens is 1. The van der Waals surface area contributed by atoms with E-state index in [1.54, 1.807) is 12.1 Å². The van der Waals surface area contributed by atoms with Gasteiger partial charge in [0.25, 0.3) is 5.91 Å². The number of amides is 1. The third-order valence-corrected chi connectivity index (χ3v) is 6.70. The highest BCUT2D eigenvalue weighted by Crippen LogP contribution is 2.44. The van der Waals surface area contributed by atoms with Crippen LogP contribution in [0.5, 0.6) is 0 Å². The van der Waals surface area contributed by atoms with Gasteiger partial charge in [-0.05, 0) is 30.7 Å². The number of anilines is 1. The van der Waals surface area contributed by atoms with E-state index in [4.69, 9.17) is 11.5 Å². The minimum Gasteiger partial charge on any atom is -0.364 e. The van der Waals surface area contributed by atoms with Crippen LogP contribution in [0, 0.1) is 5.82 Å². The largest absolute Gasteiger partial charge is 0.364 e. The molecule has 1 saturated heterocycles. The van der Waals surface area contributed by atoms with Gasteiger partial charge in [-0.3, -0.25) is 13.9 Å². The predicted octanol–water partition coefficient (Wildman–Crippen LogP) is 2.12. The maximum Gasteiger partial charge on any atom is 0.269 e. The Labute approximate surface area is 167 Å². The maximum absolute atomic E-state index is 13.5. The highest BCUT2D eigenvalue weighted by atomic mass is 32.3. The van der Waals surface area contributed by atoms with Gasteiger partial charge in [0.05, 0.1) is 23.7 Å². The molecule has 1 aliphatic rings. The zero-order chi connectivity index (χ0) is 20.8. The van der Waals surface area contributed by atoms with E-state index in [0.29, 0.717) is 28.8 Å². The van der Waals surface area contributed by atoms with Gasteiger partial charge in [0.15, 0.2) is 5.69 Å². The number of aromatic amines is 1. The molecule has 29 heavy (non-hydrogen) atoms. The summed E-state index contributed by atoms with van der Waals surface area (Å²) < 4.78 is 33.5. The first-order valence-electron chi connectivity index (χ1n) is 8.93. The molecule has 1 amide bonds. The van der Waals surface area contributed by atoms with Crippen LogP contribution in [0.4, 0.5) is 10.2 Å². The summed E-state index contributed by atoms with van der Waals surface area (Å²) in [6.07, 6.45) is 1.81. The number of halogens is 1. The Balaban J connectivity index is 1.71. The van der Waals surface area contributed by atoms with Crippen molar-refractivity contribution in [3.05, 3.63) is 42.0 Å². The minimum atomic E-state index is -2.70. The summed E-state index contributed by atoms with van der Waals surface area (Å²) in [7, 11) is -2.70. The molecule has 0 unspecified atom stereocenters. The van der Waals surface area contributed by atoms with E-state index in [1.165, 1.54) is 18.3 Å². The Bertz CT molecular complexity index is 1090. The third-order valence-electron chi connectivity index (χ3n) is 4.92. The number of carbonyl (C=O) groups is 1. The zero-order valence-corrected chi connectivity index (χ0v) is 16.1. The van der Waals surface area contributed by atoms with E-state index < -0.39 is 22.5 Å². The molecular formula is C18H21FN6O3S. The number of benzene rings is 1. The Hall–Kier alpha value is -2.73. The van der Waals surface area contributed by atoms with Crippen LogP contribution in [0.2, 0.25) is 0 Å². The molecule has 1 aliphatic heterocycles. The van der Waals surface area contributed by atoms with Crippen molar-refractivity contribution in [3.8, 4) is 11.4 Å². The van der Waals surface area contributed by atoms with Crippen LogP contribution in [-0.4, -0.2) is 53.6 Å². The lowest BCUT2D eigenvalue weighted by Gasteiger charge is -2.43. The zero-order valence-electron chi connectivity index (χ0n) is 15.3. The number of fused-ring (bicyclic) bond motifs is 1. The van der Waals surface area contributed by atoms with Gasteiger partial charge < -0.3 is 21.8 Å². The van der Waals surface area contributed by atoms with Gasteiger partial charge in [-0.2, -0.15) is 10.6 Å². The van der Waals surface area contributed by atoms with Gasteiger partial charge in [0.2, 0.25) is 0 Å². The molecule has 0 aliphatic carbocycles. The number of nitrogens with two attached hydrogens (primary N) is 2. The predicted molar refractivity (Wildman–Crippen MR) is 110 cm³/mol. The summed E-state index contributed by atoms with van der Waals surface area (Å²) in [5, 5.41) is 3.69. The molecule has 0 bridgehead atoms. The third kappa shape index (κ3) is 4.03. The summed E-state index contributed by atoms with van der Waals surface area (Å²) in [6.45, 7) is 0. The van der Waals surface area contributed by atoms with Crippen LogP contribution in [0.15, 0.2) is 30.5 Å². The van der Waals surface area contributed by atoms with Crippen LogP contribution in [0.3, 0.4) is 0 Å². The molecule has 1 aromatic carbocycles. The number of nitrogens with zero attached hydrogens (tertiary/aromatic N) is 2. The second-order valence-electron chi connectivity index (χ2n) is 7.11. The average Bonchev–Trinajstić information content (AvgIpc) is 3.07. The van der Waals surface area contributed by atoms with Crippen LogP contribution < -0.4 is 16.8 Å². The molecule has 0 radical (unpaired) electrons. The Morgan fingerprint density at radius 2 is 2.14 bits per heavy atom. The first-order chi connectivity index (χ1) is 13.7. The van der Waals surface area contributed by atoms with E-state index in [9.17, 15) is 18.3 Å². The van der Waals surface area contributed by atoms with E-state index in [0.717, 1.165) is 0 Å². The van der Waals surface area contributed by atoms with Crippen LogP contribution >= 0.6 is 10.6 Å². The topological polar surface area (TPSA) is 163 Å². The van der Waals surface area contributed by atoms with Crippen LogP contribution in [-0.2, 0) is 0 Å². The fraction of sp³-hybridized carbons (Fsp3) is 0.278. The van der Waals surface area contributed by atoms with Crippen molar-refractivity contribution >= 4 is 33.2 Å². The van der Waals surface area contributed by atoms with Crippen molar-refractivity contribution in [2.75, 3.05) is 16.8 Å². The van der Waals surface area contributed by atoms with E-state index in [-0.39, 0.29) is 34.8 Å². The molecule has 0 saturated carbocycles. The lowest BCUT2D eigenvalue weighted by Crippen LogP contribution is -2.48. The fourth-order valence-electron chi connectivity index (χ4n) is 3.42. The summed E-state index contributed by atoms with van der Waals surface area (Å²) in [4.78, 5) is 23.5. The molecule has 4 rings (SSSR count). The van der Waals surface area contributed by atoms with Crippen molar-refractivity contribution in [3.63, 3.8) is 0 Å². The lowest BCUT2D eigenvalue weighted by molar-refractivity contribution is 0.0996. The molecule has 11 heteroatoms. The number of primary amides is 1. The fourth-order valence-corrected chi connectivity index (χ4v) is 5.14. The monoisotopic (exact) mass is 420 g/mol. The standard InChI is InChI=1S/C18H21FN6O3S/c19-10-1-2-12-9(5-10)6-13(23-12)16-17(18(21)26)22-7-15(25-16)24-14-8-29(27,28)4-3-11(14)20/h1-2,5-7,11,14,23,27-28H,3-4,8,20H2,(H2,21,26)(H,24,25)/t11-,14+/m0/s1. The first-order valence-corrected chi connectivity index (χ1v) is 10.8. The van der Waals surface area contributed by atoms with Crippen molar-refractivity contribution in [2.45, 2.75) is 18.5 Å². The van der Waals surface area contributed by atoms with Gasteiger partial charge in [-0.1, -0.05) is 0 Å². The summed E-state index contributed by atoms with van der Waals surface area (Å²) in [5.41, 5.74) is 12.8. The van der Waals surface area contributed by atoms with Crippen molar-refractivity contribution in [2.24, 2.45) is 11.5 Å². The molecule has 2 atom stereocenters. The number of rotatable bonds is 4. The van der Waals surface area contributed by atoms with Gasteiger partial charge >= 0.3 is 0 Å². The van der Waals surface area contributed by atoms with Gasteiger partial charge in [0, 0.05) is 22.7 Å². The molecule has 1 fully saturated rings. The SMILES string of the molecule is NC(=O)c1ncc(N[C@@H]2CS(O)(O)CC[C@@H]2N)nc1-c1cc2cc(F)ccc2[nH]1. The van der Waals surface area contributed by atoms with Crippen molar-refractivity contribution in [1.29, 1.82) is 0 Å². The van der Waals surface area contributed by atoms with Crippen molar-refractivity contribution in [1.82, 2.24) is 15.0 Å². The Morgan fingerprint density at radius 3 is 2.90 bits per heavy atom. The second kappa shape index (κ2) is 7.26. The summed E-state index contributed by atoms with van der Waals surface area (Å²) >= 11 is 0. The molecule has 8 N–H and O–H groups in total. The molecule has 3 heterocycles. The smallest absolute Gasteiger partial charge is 0.269 e. The highest BCUT2D eigenvalue weighted by Gasteiger charge is 2.31. The van der Waals surface area contributed by atoms with E-state index in [2.05, 4.69) is 20.3 Å². The van der Waals surface area contributed by atoms with Gasteiger partial charge in [0.1, 0.15) is 17.3 Å². The molecule has 154 valence electrons. The molecule has 2 aromatic heterocycles. The molecule has 0 spiro atoms. The number of hydrogen-bond acceptors (Lipinski definition) is 7. The van der Waals surface area contributed by atoms with E-state index in [1.807, 2.05) is 0 Å². The molecule has 3 aromatic rings. The number of nitrogens with one attached hydrogen (secondary N) is 2. The molecule has 9 nitrogen and oxygen atoms in total. The van der Waals surface area contributed by atoms with Crippen LogP contribution in [0.1, 0.15) is 16.9 Å². The highest BCUT2D eigenvalue weighted by molar-refractivity contribution is 8.24. The van der Waals surface area contributed by atoms with Gasteiger partial charge in [-0.15, -0.1) is 0 Å². The maximum atomic E-state index is 13.5. The lowest BCUT2D eigenvalue weighted by atomic mass is 10.1. The second-order valence-corrected chi connectivity index (χ2v) is 9.45. The van der Waals surface area contributed by atoms with E-state index >= 15 is 0 Å². The van der Waals surface area contributed by atoms with Gasteiger partial charge in [-0.25, -0.2) is 14.4 Å². The quantitative estimate of drug-likeness (QED) is 0.376. The Kier molecular flexibility index (Phi) is 4.90. The number of aromatic nitrogens is 3. The number of hydrogen-bond donors (Lipinski definition) is 6. The minimum absolute atomic E-state index is 0.0418. The summed E-state index contributed by atoms with van der Waals surface area (Å²) in [6, 6.07) is 5.23.